The summed E-state index contributed by atoms with van der Waals surface area (Å²) in [7, 11) is 1.68. The number of H-pyrrole nitrogens is 1. The van der Waals surface area contributed by atoms with E-state index in [4.69, 9.17) is 15.2 Å². The number of carbonyl (C=O) groups is 2. The van der Waals surface area contributed by atoms with Gasteiger partial charge in [-0.15, -0.1) is 0 Å². The number of likely N-dealkylation sites (tertiary alicyclic amines) is 1. The summed E-state index contributed by atoms with van der Waals surface area (Å²) in [6.07, 6.45) is 1.29. The Kier molecular flexibility index (Phi) is 5.58. The lowest BCUT2D eigenvalue weighted by Crippen LogP contribution is -2.41. The van der Waals surface area contributed by atoms with Crippen LogP contribution in [0.4, 0.5) is 10.5 Å². The molecule has 36 heavy (non-hydrogen) atoms. The maximum atomic E-state index is 13.9. The fourth-order valence-electron chi connectivity index (χ4n) is 5.69. The number of amides is 1. The summed E-state index contributed by atoms with van der Waals surface area (Å²) in [6, 6.07) is 9.71. The summed E-state index contributed by atoms with van der Waals surface area (Å²) in [6.45, 7) is 11.1. The van der Waals surface area contributed by atoms with Crippen molar-refractivity contribution in [2.45, 2.75) is 64.4 Å². The van der Waals surface area contributed by atoms with E-state index in [2.05, 4.69) is 18.8 Å². The highest BCUT2D eigenvalue weighted by molar-refractivity contribution is 6.20. The highest BCUT2D eigenvalue weighted by atomic mass is 16.6. The lowest BCUT2D eigenvalue weighted by molar-refractivity contribution is 0.0204. The first-order valence-corrected chi connectivity index (χ1v) is 12.6. The van der Waals surface area contributed by atoms with Crippen molar-refractivity contribution in [3.05, 3.63) is 58.3 Å². The molecule has 1 aliphatic carbocycles. The van der Waals surface area contributed by atoms with Crippen molar-refractivity contribution < 1.29 is 19.1 Å². The molecule has 0 atom stereocenters. The minimum absolute atomic E-state index is 0.0189. The maximum Gasteiger partial charge on any atom is 0.410 e. The number of fused-ring (bicyclic) bond motifs is 4. The van der Waals surface area contributed by atoms with Gasteiger partial charge >= 0.3 is 6.09 Å². The van der Waals surface area contributed by atoms with Crippen molar-refractivity contribution in [2.24, 2.45) is 0 Å². The molecule has 2 aliphatic rings. The first kappa shape index (κ1) is 24.2. The van der Waals surface area contributed by atoms with Crippen LogP contribution in [0, 0.1) is 0 Å². The van der Waals surface area contributed by atoms with E-state index >= 15 is 0 Å². The number of benzene rings is 2. The number of hydrogen-bond donors (Lipinski definition) is 2. The average Bonchev–Trinajstić information content (AvgIpc) is 3.21. The summed E-state index contributed by atoms with van der Waals surface area (Å²) in [5.41, 5.74) is 10.9. The number of aromatic nitrogens is 1. The second-order valence-corrected chi connectivity index (χ2v) is 11.5. The zero-order valence-corrected chi connectivity index (χ0v) is 22.0. The van der Waals surface area contributed by atoms with Crippen molar-refractivity contribution >= 4 is 28.5 Å². The molecule has 3 aromatic rings. The smallest absolute Gasteiger partial charge is 0.410 e. The van der Waals surface area contributed by atoms with Gasteiger partial charge in [0.1, 0.15) is 11.4 Å². The standard InChI is InChI=1S/C29H35N3O4/c1-28(2,3)36-27(34)32-11-9-16(10-12-32)19-14-20-21(15-23(19)35-6)29(4,5)26-24(25(20)33)18-8-7-17(30)13-22(18)31-26/h7-8,13-16,31H,9-12,30H2,1-6H3. The lowest BCUT2D eigenvalue weighted by Gasteiger charge is -2.36. The van der Waals surface area contributed by atoms with Gasteiger partial charge in [0.15, 0.2) is 5.78 Å². The quantitative estimate of drug-likeness (QED) is 0.447. The van der Waals surface area contributed by atoms with E-state index in [9.17, 15) is 9.59 Å². The number of nitrogen functional groups attached to an aromatic ring is 1. The first-order chi connectivity index (χ1) is 16.9. The molecule has 1 amide bonds. The van der Waals surface area contributed by atoms with Crippen LogP contribution in [0.5, 0.6) is 5.75 Å². The molecular weight excluding hydrogens is 454 g/mol. The van der Waals surface area contributed by atoms with Gasteiger partial charge in [-0.3, -0.25) is 4.79 Å². The van der Waals surface area contributed by atoms with E-state index in [1.165, 1.54) is 0 Å². The summed E-state index contributed by atoms with van der Waals surface area (Å²) < 4.78 is 11.4. The topological polar surface area (TPSA) is 97.6 Å². The normalized spacial score (nSPS) is 17.6. The molecule has 7 nitrogen and oxygen atoms in total. The van der Waals surface area contributed by atoms with Crippen molar-refractivity contribution in [2.75, 3.05) is 25.9 Å². The highest BCUT2D eigenvalue weighted by Crippen LogP contribution is 2.47. The SMILES string of the molecule is COc1cc2c(cc1C1CCN(C(=O)OC(C)(C)C)CC1)C(=O)c1c([nH]c3cc(N)ccc13)C2(C)C. The highest BCUT2D eigenvalue weighted by Gasteiger charge is 2.41. The molecule has 0 saturated carbocycles. The van der Waals surface area contributed by atoms with Gasteiger partial charge in [-0.1, -0.05) is 19.9 Å². The van der Waals surface area contributed by atoms with Gasteiger partial charge in [0.2, 0.25) is 0 Å². The van der Waals surface area contributed by atoms with E-state index in [-0.39, 0.29) is 17.8 Å². The molecule has 0 spiro atoms. The Bertz CT molecular complexity index is 1370. The summed E-state index contributed by atoms with van der Waals surface area (Å²) in [5, 5.41) is 0.894. The zero-order chi connectivity index (χ0) is 26.0. The van der Waals surface area contributed by atoms with Crippen molar-refractivity contribution in [1.29, 1.82) is 0 Å². The third kappa shape index (κ3) is 3.91. The number of methoxy groups -OCH3 is 1. The van der Waals surface area contributed by atoms with Crippen molar-refractivity contribution in [3.8, 4) is 5.75 Å². The first-order valence-electron chi connectivity index (χ1n) is 12.6. The number of ketones is 1. The molecule has 1 aliphatic heterocycles. The molecule has 1 fully saturated rings. The van der Waals surface area contributed by atoms with E-state index in [0.717, 1.165) is 57.4 Å². The predicted octanol–water partition coefficient (Wildman–Crippen LogP) is 5.74. The predicted molar refractivity (Wildman–Crippen MR) is 141 cm³/mol. The number of hydrogen-bond acceptors (Lipinski definition) is 5. The number of nitrogens with two attached hydrogens (primary N) is 1. The fraction of sp³-hybridized carbons (Fsp3) is 0.448. The van der Waals surface area contributed by atoms with Gasteiger partial charge in [-0.05, 0) is 74.9 Å². The summed E-state index contributed by atoms with van der Waals surface area (Å²) in [5.74, 6) is 0.989. The molecule has 7 heteroatoms. The Morgan fingerprint density at radius 3 is 2.47 bits per heavy atom. The number of carbonyl (C=O) groups excluding carboxylic acids is 2. The molecule has 3 N–H and O–H groups in total. The van der Waals surface area contributed by atoms with Crippen LogP contribution in [0.2, 0.25) is 0 Å². The minimum Gasteiger partial charge on any atom is -0.496 e. The Morgan fingerprint density at radius 2 is 1.83 bits per heavy atom. The molecule has 1 saturated heterocycles. The molecule has 2 heterocycles. The molecule has 2 aromatic carbocycles. The van der Waals surface area contributed by atoms with Crippen molar-refractivity contribution in [3.63, 3.8) is 0 Å². The van der Waals surface area contributed by atoms with Crippen LogP contribution >= 0.6 is 0 Å². The maximum absolute atomic E-state index is 13.9. The van der Waals surface area contributed by atoms with E-state index < -0.39 is 11.0 Å². The van der Waals surface area contributed by atoms with Crippen LogP contribution in [0.1, 0.15) is 86.1 Å². The van der Waals surface area contributed by atoms with Crippen LogP contribution in [0.3, 0.4) is 0 Å². The Morgan fingerprint density at radius 1 is 1.14 bits per heavy atom. The molecule has 0 unspecified atom stereocenters. The Labute approximate surface area is 211 Å². The largest absolute Gasteiger partial charge is 0.496 e. The van der Waals surface area contributed by atoms with Crippen LogP contribution in [-0.4, -0.2) is 47.6 Å². The average molecular weight is 490 g/mol. The van der Waals surface area contributed by atoms with Gasteiger partial charge in [-0.25, -0.2) is 4.79 Å². The number of rotatable bonds is 2. The zero-order valence-electron chi connectivity index (χ0n) is 22.0. The molecule has 0 bridgehead atoms. The minimum atomic E-state index is -0.518. The number of anilines is 1. The Hall–Kier alpha value is -3.48. The third-order valence-corrected chi connectivity index (χ3v) is 7.55. The lowest BCUT2D eigenvalue weighted by atomic mass is 9.70. The molecule has 1 aromatic heterocycles. The molecule has 190 valence electrons. The third-order valence-electron chi connectivity index (χ3n) is 7.55. The summed E-state index contributed by atoms with van der Waals surface area (Å²) in [4.78, 5) is 31.7. The van der Waals surface area contributed by atoms with Crippen LogP contribution in [0.15, 0.2) is 30.3 Å². The van der Waals surface area contributed by atoms with E-state index in [1.807, 2.05) is 51.1 Å². The number of ether oxygens (including phenoxy) is 2. The van der Waals surface area contributed by atoms with Gasteiger partial charge in [0.05, 0.1) is 12.7 Å². The second kappa shape index (κ2) is 8.29. The van der Waals surface area contributed by atoms with Gasteiger partial charge < -0.3 is 25.1 Å². The van der Waals surface area contributed by atoms with Crippen LogP contribution < -0.4 is 10.5 Å². The fourth-order valence-corrected chi connectivity index (χ4v) is 5.69. The van der Waals surface area contributed by atoms with E-state index in [1.54, 1.807) is 12.0 Å². The molecule has 0 radical (unpaired) electrons. The van der Waals surface area contributed by atoms with E-state index in [0.29, 0.717) is 18.8 Å². The number of nitrogens with zero attached hydrogens (tertiary/aromatic N) is 1. The number of aromatic amines is 1. The Balaban J connectivity index is 1.50. The summed E-state index contributed by atoms with van der Waals surface area (Å²) >= 11 is 0. The van der Waals surface area contributed by atoms with Crippen LogP contribution in [-0.2, 0) is 10.2 Å². The molecular formula is C29H35N3O4. The van der Waals surface area contributed by atoms with Gasteiger partial charge in [0, 0.05) is 46.4 Å². The molecule has 5 rings (SSSR count). The van der Waals surface area contributed by atoms with Crippen molar-refractivity contribution in [1.82, 2.24) is 9.88 Å². The second-order valence-electron chi connectivity index (χ2n) is 11.5. The van der Waals surface area contributed by atoms with Gasteiger partial charge in [-0.2, -0.15) is 0 Å². The van der Waals surface area contributed by atoms with Gasteiger partial charge in [0.25, 0.3) is 0 Å². The number of nitrogens with one attached hydrogen (secondary N) is 1. The van der Waals surface area contributed by atoms with Crippen LogP contribution in [0.25, 0.3) is 10.9 Å². The number of piperidine rings is 1. The monoisotopic (exact) mass is 489 g/mol.